The topological polar surface area (TPSA) is 0 Å². The minimum absolute atomic E-state index is 0.710. The molecule has 0 spiro atoms. The molecule has 1 rings (SSSR count). The van der Waals surface area contributed by atoms with E-state index in [4.69, 9.17) is 23.2 Å². The third-order valence-corrected chi connectivity index (χ3v) is 3.50. The summed E-state index contributed by atoms with van der Waals surface area (Å²) in [6.45, 7) is 0. The third kappa shape index (κ3) is 2.55. The van der Waals surface area contributed by atoms with Crippen LogP contribution in [0, 0.1) is 0 Å². The number of thioether (sulfide) groups is 1. The van der Waals surface area contributed by atoms with Gasteiger partial charge in [0.1, 0.15) is 0 Å². The van der Waals surface area contributed by atoms with E-state index < -0.39 is 0 Å². The van der Waals surface area contributed by atoms with Crippen molar-refractivity contribution in [3.63, 3.8) is 0 Å². The molecule has 0 aliphatic carbocycles. The quantitative estimate of drug-likeness (QED) is 0.566. The summed E-state index contributed by atoms with van der Waals surface area (Å²) in [6.07, 6.45) is 0. The van der Waals surface area contributed by atoms with Crippen molar-refractivity contribution >= 4 is 50.9 Å². The van der Waals surface area contributed by atoms with Gasteiger partial charge in [-0.3, -0.25) is 0 Å². The Labute approximate surface area is 88.4 Å². The molecule has 11 heavy (non-hydrogen) atoms. The molecule has 0 aromatic heterocycles. The highest BCUT2D eigenvalue weighted by atomic mass is 79.9. The molecule has 0 amide bonds. The molecule has 0 heterocycles. The number of hydrogen-bond donors (Lipinski definition) is 0. The molecule has 0 N–H and O–H groups in total. The van der Waals surface area contributed by atoms with Crippen LogP contribution in [0.25, 0.3) is 0 Å². The first-order chi connectivity index (χ1) is 5.25. The van der Waals surface area contributed by atoms with Gasteiger partial charge in [0.2, 0.25) is 0 Å². The van der Waals surface area contributed by atoms with Crippen LogP contribution >= 0.6 is 50.9 Å². The summed E-state index contributed by atoms with van der Waals surface area (Å²) in [6, 6.07) is 5.50. The molecule has 0 saturated carbocycles. The fraction of sp³-hybridized carbons (Fsp3) is 0.143. The fourth-order valence-corrected chi connectivity index (χ4v) is 2.61. The first kappa shape index (κ1) is 9.72. The van der Waals surface area contributed by atoms with Crippen LogP contribution in [-0.2, 0) is 0 Å². The highest BCUT2D eigenvalue weighted by Gasteiger charge is 2.03. The van der Waals surface area contributed by atoms with Gasteiger partial charge in [0.15, 0.2) is 0 Å². The Hall–Kier alpha value is 0.630. The van der Waals surface area contributed by atoms with E-state index in [1.165, 1.54) is 0 Å². The van der Waals surface area contributed by atoms with Crippen LogP contribution < -0.4 is 0 Å². The summed E-state index contributed by atoms with van der Waals surface area (Å²) >= 11 is 16.6. The molecule has 0 atom stereocenters. The number of rotatable bonds is 2. The maximum Gasteiger partial charge on any atom is 0.0557 e. The van der Waals surface area contributed by atoms with E-state index in [0.717, 1.165) is 9.56 Å². The Kier molecular flexibility index (Phi) is 4.07. The van der Waals surface area contributed by atoms with Gasteiger partial charge in [0.25, 0.3) is 0 Å². The van der Waals surface area contributed by atoms with Crippen molar-refractivity contribution in [1.29, 1.82) is 0 Å². The Morgan fingerprint density at radius 2 is 1.82 bits per heavy atom. The molecule has 60 valence electrons. The second-order valence-corrected chi connectivity index (χ2v) is 4.91. The molecule has 0 unspecified atom stereocenters. The summed E-state index contributed by atoms with van der Waals surface area (Å²) in [5.74, 6) is 0. The molecular weight excluding hydrogens is 267 g/mol. The smallest absolute Gasteiger partial charge is 0.0557 e. The third-order valence-electron chi connectivity index (χ3n) is 1.12. The van der Waals surface area contributed by atoms with E-state index in [0.29, 0.717) is 10.0 Å². The van der Waals surface area contributed by atoms with Crippen LogP contribution in [0.4, 0.5) is 0 Å². The summed E-state index contributed by atoms with van der Waals surface area (Å²) in [7, 11) is 0. The molecule has 0 bridgehead atoms. The lowest BCUT2D eigenvalue weighted by atomic mass is 10.4. The molecule has 4 heteroatoms. The second kappa shape index (κ2) is 4.61. The number of benzene rings is 1. The van der Waals surface area contributed by atoms with Crippen molar-refractivity contribution in [2.45, 2.75) is 4.90 Å². The van der Waals surface area contributed by atoms with Crippen LogP contribution in [0.3, 0.4) is 0 Å². The summed E-state index contributed by atoms with van der Waals surface area (Å²) in [5, 5.41) is 1.42. The largest absolute Gasteiger partial charge is 0.111 e. The van der Waals surface area contributed by atoms with Crippen LogP contribution in [-0.4, -0.2) is 4.66 Å². The van der Waals surface area contributed by atoms with Gasteiger partial charge in [0.05, 0.1) is 14.7 Å². The molecule has 1 aromatic carbocycles. The normalized spacial score (nSPS) is 10.1. The van der Waals surface area contributed by atoms with E-state index in [-0.39, 0.29) is 0 Å². The summed E-state index contributed by atoms with van der Waals surface area (Å²) in [5.41, 5.74) is 0. The average molecular weight is 272 g/mol. The van der Waals surface area contributed by atoms with Crippen LogP contribution in [0.5, 0.6) is 0 Å². The van der Waals surface area contributed by atoms with Gasteiger partial charge in [-0.05, 0) is 12.1 Å². The lowest BCUT2D eigenvalue weighted by molar-refractivity contribution is 1.46. The van der Waals surface area contributed by atoms with Crippen molar-refractivity contribution in [3.05, 3.63) is 28.2 Å². The van der Waals surface area contributed by atoms with Crippen molar-refractivity contribution in [3.8, 4) is 0 Å². The lowest BCUT2D eigenvalue weighted by Gasteiger charge is -2.02. The zero-order valence-corrected chi connectivity index (χ0v) is 9.40. The van der Waals surface area contributed by atoms with Gasteiger partial charge in [-0.1, -0.05) is 45.2 Å². The Morgan fingerprint density at radius 3 is 2.27 bits per heavy atom. The number of hydrogen-bond acceptors (Lipinski definition) is 1. The second-order valence-electron chi connectivity index (χ2n) is 1.80. The van der Waals surface area contributed by atoms with Crippen molar-refractivity contribution in [2.75, 3.05) is 4.66 Å². The van der Waals surface area contributed by atoms with E-state index >= 15 is 0 Å². The SMILES string of the molecule is Clc1cccc(Cl)c1SCBr. The van der Waals surface area contributed by atoms with Crippen LogP contribution in [0.1, 0.15) is 0 Å². The Bertz CT molecular complexity index is 232. The predicted molar refractivity (Wildman–Crippen MR) is 56.1 cm³/mol. The van der Waals surface area contributed by atoms with E-state index in [1.807, 2.05) is 18.2 Å². The minimum atomic E-state index is 0.710. The zero-order valence-electron chi connectivity index (χ0n) is 5.48. The molecule has 1 aromatic rings. The molecule has 0 aliphatic rings. The lowest BCUT2D eigenvalue weighted by Crippen LogP contribution is -1.75. The fourth-order valence-electron chi connectivity index (χ4n) is 0.675. The van der Waals surface area contributed by atoms with Crippen LogP contribution in [0.15, 0.2) is 23.1 Å². The van der Waals surface area contributed by atoms with Crippen molar-refractivity contribution < 1.29 is 0 Å². The standard InChI is InChI=1S/C7H5BrCl2S/c8-4-11-7-5(9)2-1-3-6(7)10/h1-3H,4H2. The summed E-state index contributed by atoms with van der Waals surface area (Å²) < 4.78 is 0.802. The molecule has 0 nitrogen and oxygen atoms in total. The minimum Gasteiger partial charge on any atom is -0.111 e. The highest BCUT2D eigenvalue weighted by Crippen LogP contribution is 2.34. The van der Waals surface area contributed by atoms with Gasteiger partial charge < -0.3 is 0 Å². The maximum atomic E-state index is 5.88. The average Bonchev–Trinajstić information content (AvgIpc) is 1.97. The first-order valence-electron chi connectivity index (χ1n) is 2.88. The maximum absolute atomic E-state index is 5.88. The van der Waals surface area contributed by atoms with Gasteiger partial charge in [-0.25, -0.2) is 0 Å². The van der Waals surface area contributed by atoms with Crippen LogP contribution in [0.2, 0.25) is 10.0 Å². The van der Waals surface area contributed by atoms with Crippen molar-refractivity contribution in [1.82, 2.24) is 0 Å². The van der Waals surface area contributed by atoms with E-state index in [1.54, 1.807) is 11.8 Å². The van der Waals surface area contributed by atoms with E-state index in [9.17, 15) is 0 Å². The molecule has 0 aliphatic heterocycles. The predicted octanol–water partition coefficient (Wildman–Crippen LogP) is 4.44. The number of halogens is 3. The van der Waals surface area contributed by atoms with Gasteiger partial charge in [0, 0.05) is 4.90 Å². The Morgan fingerprint density at radius 1 is 1.27 bits per heavy atom. The van der Waals surface area contributed by atoms with Gasteiger partial charge in [-0.2, -0.15) is 0 Å². The van der Waals surface area contributed by atoms with Gasteiger partial charge in [-0.15, -0.1) is 11.8 Å². The van der Waals surface area contributed by atoms with Crippen molar-refractivity contribution in [2.24, 2.45) is 0 Å². The van der Waals surface area contributed by atoms with Gasteiger partial charge >= 0.3 is 0 Å². The monoisotopic (exact) mass is 270 g/mol. The summed E-state index contributed by atoms with van der Waals surface area (Å²) in [4.78, 5) is 0.938. The number of alkyl halides is 1. The molecular formula is C7H5BrCl2S. The molecule has 0 fully saturated rings. The Balaban J connectivity index is 3.00. The first-order valence-corrected chi connectivity index (χ1v) is 5.75. The highest BCUT2D eigenvalue weighted by molar-refractivity contribution is 9.11. The van der Waals surface area contributed by atoms with E-state index in [2.05, 4.69) is 15.9 Å². The molecule has 0 saturated heterocycles. The molecule has 0 radical (unpaired) electrons. The zero-order chi connectivity index (χ0) is 8.27.